The van der Waals surface area contributed by atoms with E-state index in [0.717, 1.165) is 39.1 Å². The summed E-state index contributed by atoms with van der Waals surface area (Å²) in [6.45, 7) is 9.95. The van der Waals surface area contributed by atoms with Crippen LogP contribution >= 0.6 is 11.3 Å². The lowest BCUT2D eigenvalue weighted by atomic mass is 10.2. The molecule has 1 atom stereocenters. The Hall–Kier alpha value is -1.95. The predicted octanol–water partition coefficient (Wildman–Crippen LogP) is 4.25. The molecule has 2 aromatic rings. The van der Waals surface area contributed by atoms with Gasteiger partial charge in [0.25, 0.3) is 0 Å². The maximum Gasteiger partial charge on any atom is 0.322 e. The summed E-state index contributed by atoms with van der Waals surface area (Å²) in [5.74, 6) is 0. The zero-order chi connectivity index (χ0) is 17.1. The van der Waals surface area contributed by atoms with E-state index in [0.29, 0.717) is 0 Å². The van der Waals surface area contributed by atoms with E-state index in [1.807, 2.05) is 46.9 Å². The minimum absolute atomic E-state index is 0.0217. The van der Waals surface area contributed by atoms with Crippen molar-refractivity contribution in [2.75, 3.05) is 12.4 Å². The Bertz CT molecular complexity index is 711. The summed E-state index contributed by atoms with van der Waals surface area (Å²) >= 11 is 1.68. The van der Waals surface area contributed by atoms with Crippen LogP contribution in [0.5, 0.6) is 0 Å². The lowest BCUT2D eigenvalue weighted by molar-refractivity contribution is 0.209. The van der Waals surface area contributed by atoms with Crippen molar-refractivity contribution >= 4 is 23.1 Å². The van der Waals surface area contributed by atoms with Crippen LogP contribution in [0.15, 0.2) is 12.1 Å². The molecule has 2 rings (SSSR count). The van der Waals surface area contributed by atoms with Gasteiger partial charge in [-0.05, 0) is 46.2 Å². The van der Waals surface area contributed by atoms with Crippen LogP contribution in [-0.2, 0) is 6.42 Å². The number of thiazole rings is 1. The zero-order valence-corrected chi connectivity index (χ0v) is 15.4. The van der Waals surface area contributed by atoms with Crippen molar-refractivity contribution in [2.45, 2.75) is 47.1 Å². The highest BCUT2D eigenvalue weighted by Gasteiger charge is 2.22. The van der Waals surface area contributed by atoms with E-state index in [9.17, 15) is 4.79 Å². The van der Waals surface area contributed by atoms with Crippen molar-refractivity contribution in [1.29, 1.82) is 0 Å². The van der Waals surface area contributed by atoms with Crippen molar-refractivity contribution < 1.29 is 4.79 Å². The van der Waals surface area contributed by atoms with E-state index >= 15 is 0 Å². The van der Waals surface area contributed by atoms with Gasteiger partial charge in [0.2, 0.25) is 0 Å². The Kier molecular flexibility index (Phi) is 5.36. The predicted molar refractivity (Wildman–Crippen MR) is 95.1 cm³/mol. The van der Waals surface area contributed by atoms with E-state index in [1.165, 1.54) is 0 Å². The van der Waals surface area contributed by atoms with Crippen LogP contribution in [0, 0.1) is 20.8 Å². The van der Waals surface area contributed by atoms with Gasteiger partial charge in [-0.2, -0.15) is 0 Å². The number of nitrogens with zero attached hydrogens (tertiary/aromatic N) is 3. The number of carbonyl (C=O) groups is 1. The van der Waals surface area contributed by atoms with Crippen LogP contribution in [-0.4, -0.2) is 27.9 Å². The average Bonchev–Trinajstić information content (AvgIpc) is 2.89. The third-order valence-corrected chi connectivity index (χ3v) is 5.40. The molecule has 0 aliphatic carbocycles. The molecule has 0 bridgehead atoms. The molecule has 0 spiro atoms. The number of carbonyl (C=O) groups excluding carboxylic acids is 1. The Morgan fingerprint density at radius 2 is 1.96 bits per heavy atom. The first-order valence-electron chi connectivity index (χ1n) is 7.77. The second-order valence-corrected chi connectivity index (χ2v) is 6.83. The molecular weight excluding hydrogens is 308 g/mol. The maximum absolute atomic E-state index is 12.5. The summed E-state index contributed by atoms with van der Waals surface area (Å²) < 4.78 is 0. The Morgan fingerprint density at radius 3 is 2.52 bits per heavy atom. The molecule has 0 fully saturated rings. The van der Waals surface area contributed by atoms with Crippen LogP contribution < -0.4 is 5.32 Å². The molecule has 0 saturated carbocycles. The van der Waals surface area contributed by atoms with Gasteiger partial charge in [0.05, 0.1) is 28.1 Å². The number of hydrogen-bond donors (Lipinski definition) is 1. The summed E-state index contributed by atoms with van der Waals surface area (Å²) in [6, 6.07) is 3.62. The smallest absolute Gasteiger partial charge is 0.320 e. The minimum Gasteiger partial charge on any atom is -0.320 e. The molecule has 2 heterocycles. The number of hydrogen-bond acceptors (Lipinski definition) is 4. The molecule has 1 unspecified atom stereocenters. The molecule has 2 amide bonds. The van der Waals surface area contributed by atoms with Crippen molar-refractivity contribution in [1.82, 2.24) is 14.9 Å². The van der Waals surface area contributed by atoms with Crippen LogP contribution in [0.2, 0.25) is 0 Å². The van der Waals surface area contributed by atoms with Crippen molar-refractivity contribution in [3.8, 4) is 0 Å². The third-order valence-electron chi connectivity index (χ3n) is 3.93. The van der Waals surface area contributed by atoms with Crippen LogP contribution in [0.3, 0.4) is 0 Å². The first-order valence-corrected chi connectivity index (χ1v) is 8.59. The summed E-state index contributed by atoms with van der Waals surface area (Å²) in [5.41, 5.74) is 3.51. The fourth-order valence-corrected chi connectivity index (χ4v) is 3.48. The standard InChI is InChI=1S/C17H24N4OS/c1-7-15-19-12(4)16(23-15)13(5)21(6)17(22)20-14-9-8-10(2)18-11(14)3/h8-9,13H,7H2,1-6H3,(H,20,22). The summed E-state index contributed by atoms with van der Waals surface area (Å²) in [4.78, 5) is 24.3. The summed E-state index contributed by atoms with van der Waals surface area (Å²) in [7, 11) is 1.81. The molecular formula is C17H24N4OS. The van der Waals surface area contributed by atoms with E-state index in [4.69, 9.17) is 0 Å². The van der Waals surface area contributed by atoms with Crippen molar-refractivity contribution in [2.24, 2.45) is 0 Å². The number of anilines is 1. The lowest BCUT2D eigenvalue weighted by Crippen LogP contribution is -2.33. The van der Waals surface area contributed by atoms with Crippen molar-refractivity contribution in [3.63, 3.8) is 0 Å². The summed E-state index contributed by atoms with van der Waals surface area (Å²) in [5, 5.41) is 4.04. The number of rotatable bonds is 4. The van der Waals surface area contributed by atoms with Crippen molar-refractivity contribution in [3.05, 3.63) is 39.1 Å². The van der Waals surface area contributed by atoms with Gasteiger partial charge >= 0.3 is 6.03 Å². The highest BCUT2D eigenvalue weighted by molar-refractivity contribution is 7.11. The molecule has 1 N–H and O–H groups in total. The summed E-state index contributed by atoms with van der Waals surface area (Å²) in [6.07, 6.45) is 0.919. The number of aromatic nitrogens is 2. The molecule has 0 radical (unpaired) electrons. The van der Waals surface area contributed by atoms with Gasteiger partial charge < -0.3 is 10.2 Å². The van der Waals surface area contributed by atoms with Gasteiger partial charge in [-0.1, -0.05) is 6.92 Å². The number of nitrogens with one attached hydrogen (secondary N) is 1. The van der Waals surface area contributed by atoms with E-state index in [-0.39, 0.29) is 12.1 Å². The topological polar surface area (TPSA) is 58.1 Å². The second kappa shape index (κ2) is 7.08. The largest absolute Gasteiger partial charge is 0.322 e. The molecule has 0 aliphatic rings. The molecule has 124 valence electrons. The number of aryl methyl sites for hydroxylation is 4. The Labute approximate surface area is 141 Å². The monoisotopic (exact) mass is 332 g/mol. The number of pyridine rings is 1. The molecule has 0 aromatic carbocycles. The molecule has 5 nitrogen and oxygen atoms in total. The normalized spacial score (nSPS) is 12.1. The quantitative estimate of drug-likeness (QED) is 0.910. The van der Waals surface area contributed by atoms with Gasteiger partial charge in [0.15, 0.2) is 0 Å². The fourth-order valence-electron chi connectivity index (χ4n) is 2.38. The van der Waals surface area contributed by atoms with Crippen LogP contribution in [0.25, 0.3) is 0 Å². The molecule has 0 saturated heterocycles. The van der Waals surface area contributed by atoms with E-state index < -0.39 is 0 Å². The Morgan fingerprint density at radius 1 is 1.26 bits per heavy atom. The molecule has 0 aliphatic heterocycles. The van der Waals surface area contributed by atoms with Gasteiger partial charge in [0.1, 0.15) is 0 Å². The number of amides is 2. The van der Waals surface area contributed by atoms with E-state index in [1.54, 1.807) is 16.2 Å². The SMILES string of the molecule is CCc1nc(C)c(C(C)N(C)C(=O)Nc2ccc(C)nc2C)s1. The highest BCUT2D eigenvalue weighted by Crippen LogP contribution is 2.29. The fraction of sp³-hybridized carbons (Fsp3) is 0.471. The average molecular weight is 332 g/mol. The van der Waals surface area contributed by atoms with Crippen LogP contribution in [0.4, 0.5) is 10.5 Å². The van der Waals surface area contributed by atoms with Gasteiger partial charge in [-0.3, -0.25) is 4.98 Å². The second-order valence-electron chi connectivity index (χ2n) is 5.71. The number of urea groups is 1. The first-order chi connectivity index (χ1) is 10.8. The van der Waals surface area contributed by atoms with E-state index in [2.05, 4.69) is 22.2 Å². The Balaban J connectivity index is 2.13. The van der Waals surface area contributed by atoms with Crippen LogP contribution in [0.1, 0.15) is 46.9 Å². The van der Waals surface area contributed by atoms with Gasteiger partial charge in [0, 0.05) is 17.6 Å². The molecule has 2 aromatic heterocycles. The lowest BCUT2D eigenvalue weighted by Gasteiger charge is -2.25. The van der Waals surface area contributed by atoms with Gasteiger partial charge in [-0.25, -0.2) is 9.78 Å². The maximum atomic E-state index is 12.5. The first kappa shape index (κ1) is 17.4. The minimum atomic E-state index is -0.142. The van der Waals surface area contributed by atoms with Gasteiger partial charge in [-0.15, -0.1) is 11.3 Å². The highest BCUT2D eigenvalue weighted by atomic mass is 32.1. The third kappa shape index (κ3) is 3.88. The molecule has 23 heavy (non-hydrogen) atoms. The molecule has 6 heteroatoms. The zero-order valence-electron chi connectivity index (χ0n) is 14.6.